The van der Waals surface area contributed by atoms with Crippen LogP contribution in [0.4, 0.5) is 13.2 Å². The summed E-state index contributed by atoms with van der Waals surface area (Å²) >= 11 is 0.450. The standard InChI is InChI=1S/C16H24F3NO7S/c1-9(26-11(3)22)14(27-12(4)23)13(8-25-10(2)21)24-7-6-20-15(28-5)16(17,18)19/h9,13-14H,6-8H2,1-5H3/b20-15-/t9-,13-,14+/m1/s1. The molecule has 0 bridgehead atoms. The second kappa shape index (κ2) is 12.6. The average molecular weight is 431 g/mol. The second-order valence-corrected chi connectivity index (χ2v) is 6.28. The Balaban J connectivity index is 5.23. The third kappa shape index (κ3) is 11.1. The molecule has 0 aliphatic heterocycles. The number of carbonyl (C=O) groups is 3. The number of alkyl halides is 3. The summed E-state index contributed by atoms with van der Waals surface area (Å²) in [6, 6.07) is 0. The zero-order valence-corrected chi connectivity index (χ0v) is 17.0. The van der Waals surface area contributed by atoms with Crippen LogP contribution in [0.1, 0.15) is 27.7 Å². The van der Waals surface area contributed by atoms with Crippen LogP contribution in [0, 0.1) is 0 Å². The van der Waals surface area contributed by atoms with Gasteiger partial charge < -0.3 is 18.9 Å². The summed E-state index contributed by atoms with van der Waals surface area (Å²) in [5, 5.41) is -1.02. The second-order valence-electron chi connectivity index (χ2n) is 5.49. The number of esters is 3. The molecule has 0 saturated heterocycles. The Morgan fingerprint density at radius 1 is 1.04 bits per heavy atom. The summed E-state index contributed by atoms with van der Waals surface area (Å²) in [6.45, 7) is 3.88. The normalized spacial score (nSPS) is 15.4. The molecule has 0 amide bonds. The van der Waals surface area contributed by atoms with Gasteiger partial charge in [0.25, 0.3) is 0 Å². The highest BCUT2D eigenvalue weighted by Crippen LogP contribution is 2.23. The number of halogens is 3. The van der Waals surface area contributed by atoms with Gasteiger partial charge in [-0.05, 0) is 13.2 Å². The molecule has 0 spiro atoms. The van der Waals surface area contributed by atoms with Gasteiger partial charge in [0.2, 0.25) is 0 Å². The van der Waals surface area contributed by atoms with Crippen molar-refractivity contribution in [1.29, 1.82) is 0 Å². The van der Waals surface area contributed by atoms with Gasteiger partial charge in [-0.2, -0.15) is 13.2 Å². The highest BCUT2D eigenvalue weighted by Gasteiger charge is 2.35. The molecule has 0 aliphatic carbocycles. The lowest BCUT2D eigenvalue weighted by Gasteiger charge is -2.30. The lowest BCUT2D eigenvalue weighted by atomic mass is 10.1. The molecule has 0 radical (unpaired) electrons. The Morgan fingerprint density at radius 3 is 2.04 bits per heavy atom. The van der Waals surface area contributed by atoms with Crippen molar-refractivity contribution >= 4 is 34.7 Å². The Kier molecular flexibility index (Phi) is 11.8. The number of carbonyl (C=O) groups excluding carboxylic acids is 3. The quantitative estimate of drug-likeness (QED) is 0.171. The number of hydrogen-bond acceptors (Lipinski definition) is 9. The fourth-order valence-electron chi connectivity index (χ4n) is 2.05. The lowest BCUT2D eigenvalue weighted by molar-refractivity contribution is -0.182. The molecule has 0 saturated carbocycles. The van der Waals surface area contributed by atoms with E-state index in [2.05, 4.69) is 4.99 Å². The number of hydrogen-bond donors (Lipinski definition) is 0. The van der Waals surface area contributed by atoms with Crippen LogP contribution < -0.4 is 0 Å². The van der Waals surface area contributed by atoms with Crippen LogP contribution in [0.5, 0.6) is 0 Å². The van der Waals surface area contributed by atoms with E-state index >= 15 is 0 Å². The molecule has 0 aromatic rings. The zero-order valence-electron chi connectivity index (χ0n) is 16.2. The van der Waals surface area contributed by atoms with Gasteiger partial charge in [0.1, 0.15) is 18.8 Å². The predicted octanol–water partition coefficient (Wildman–Crippen LogP) is 2.14. The van der Waals surface area contributed by atoms with Crippen LogP contribution >= 0.6 is 11.8 Å². The number of rotatable bonds is 10. The summed E-state index contributed by atoms with van der Waals surface area (Å²) in [5.41, 5.74) is 0. The van der Waals surface area contributed by atoms with Gasteiger partial charge in [0.15, 0.2) is 11.1 Å². The van der Waals surface area contributed by atoms with Crippen LogP contribution in [0.3, 0.4) is 0 Å². The molecule has 0 rings (SSSR count). The van der Waals surface area contributed by atoms with Gasteiger partial charge >= 0.3 is 24.1 Å². The molecule has 0 aliphatic rings. The summed E-state index contributed by atoms with van der Waals surface area (Å²) in [7, 11) is 0. The largest absolute Gasteiger partial charge is 0.463 e. The number of aliphatic imine (C=N–C) groups is 1. The SMILES string of the molecule is CS/C(=N\CCO[C@H](COC(C)=O)[C@@H](OC(C)=O)[C@@H](C)OC(C)=O)C(F)(F)F. The topological polar surface area (TPSA) is 100 Å². The van der Waals surface area contributed by atoms with Crippen LogP contribution in [-0.4, -0.2) is 73.5 Å². The van der Waals surface area contributed by atoms with Gasteiger partial charge in [-0.15, -0.1) is 11.8 Å². The fraction of sp³-hybridized carbons (Fsp3) is 0.750. The summed E-state index contributed by atoms with van der Waals surface area (Å²) in [4.78, 5) is 37.1. The minimum absolute atomic E-state index is 0.281. The molecule has 0 aromatic heterocycles. The first-order chi connectivity index (χ1) is 12.9. The van der Waals surface area contributed by atoms with Gasteiger partial charge in [-0.25, -0.2) is 0 Å². The van der Waals surface area contributed by atoms with E-state index in [1.165, 1.54) is 13.2 Å². The van der Waals surface area contributed by atoms with Crippen molar-refractivity contribution in [2.45, 2.75) is 52.2 Å². The van der Waals surface area contributed by atoms with Crippen molar-refractivity contribution in [3.05, 3.63) is 0 Å². The third-order valence-electron chi connectivity index (χ3n) is 3.05. The first-order valence-corrected chi connectivity index (χ1v) is 9.36. The van der Waals surface area contributed by atoms with E-state index in [9.17, 15) is 27.6 Å². The summed E-state index contributed by atoms with van der Waals surface area (Å²) in [5.74, 6) is -1.99. The molecule has 0 unspecified atom stereocenters. The Morgan fingerprint density at radius 2 is 1.61 bits per heavy atom. The molecular formula is C16H24F3NO7S. The number of ether oxygens (including phenoxy) is 4. The van der Waals surface area contributed by atoms with Crippen LogP contribution in [0.2, 0.25) is 0 Å². The van der Waals surface area contributed by atoms with E-state index in [4.69, 9.17) is 18.9 Å². The van der Waals surface area contributed by atoms with E-state index in [1.807, 2.05) is 0 Å². The maximum atomic E-state index is 12.7. The van der Waals surface area contributed by atoms with E-state index in [-0.39, 0.29) is 19.8 Å². The molecule has 0 fully saturated rings. The van der Waals surface area contributed by atoms with Crippen LogP contribution in [0.25, 0.3) is 0 Å². The van der Waals surface area contributed by atoms with Crippen molar-refractivity contribution in [1.82, 2.24) is 0 Å². The lowest BCUT2D eigenvalue weighted by Crippen LogP contribution is -2.45. The minimum Gasteiger partial charge on any atom is -0.463 e. The molecule has 28 heavy (non-hydrogen) atoms. The average Bonchev–Trinajstić information content (AvgIpc) is 2.53. The molecule has 0 aromatic carbocycles. The first kappa shape index (κ1) is 26.2. The monoisotopic (exact) mass is 431 g/mol. The molecule has 8 nitrogen and oxygen atoms in total. The zero-order chi connectivity index (χ0) is 21.9. The number of thioether (sulfide) groups is 1. The minimum atomic E-state index is -4.57. The third-order valence-corrected chi connectivity index (χ3v) is 3.80. The maximum absolute atomic E-state index is 12.7. The molecule has 3 atom stereocenters. The van der Waals surface area contributed by atoms with Crippen molar-refractivity contribution in [3.63, 3.8) is 0 Å². The highest BCUT2D eigenvalue weighted by molar-refractivity contribution is 8.13. The Bertz CT molecular complexity index is 569. The molecule has 0 heterocycles. The Hall–Kier alpha value is -1.82. The molecule has 0 N–H and O–H groups in total. The van der Waals surface area contributed by atoms with Gasteiger partial charge in [0.05, 0.1) is 13.2 Å². The van der Waals surface area contributed by atoms with Gasteiger partial charge in [-0.1, -0.05) is 0 Å². The molecular weight excluding hydrogens is 407 g/mol. The number of nitrogens with zero attached hydrogens (tertiary/aromatic N) is 1. The fourth-order valence-corrected chi connectivity index (χ4v) is 2.50. The van der Waals surface area contributed by atoms with E-state index in [1.54, 1.807) is 0 Å². The van der Waals surface area contributed by atoms with E-state index < -0.39 is 47.4 Å². The van der Waals surface area contributed by atoms with Crippen LogP contribution in [0.15, 0.2) is 4.99 Å². The van der Waals surface area contributed by atoms with E-state index in [0.717, 1.165) is 20.8 Å². The van der Waals surface area contributed by atoms with Crippen molar-refractivity contribution in [2.24, 2.45) is 4.99 Å². The smallest absolute Gasteiger partial charge is 0.439 e. The van der Waals surface area contributed by atoms with Crippen molar-refractivity contribution < 1.29 is 46.5 Å². The Labute approximate surface area is 165 Å². The highest BCUT2D eigenvalue weighted by atomic mass is 32.2. The first-order valence-electron chi connectivity index (χ1n) is 8.13. The maximum Gasteiger partial charge on any atom is 0.439 e. The summed E-state index contributed by atoms with van der Waals surface area (Å²) in [6.07, 6.45) is -6.51. The van der Waals surface area contributed by atoms with Gasteiger partial charge in [0, 0.05) is 20.8 Å². The van der Waals surface area contributed by atoms with Crippen molar-refractivity contribution in [2.75, 3.05) is 26.0 Å². The molecule has 162 valence electrons. The van der Waals surface area contributed by atoms with Gasteiger partial charge in [-0.3, -0.25) is 19.4 Å². The van der Waals surface area contributed by atoms with Crippen molar-refractivity contribution in [3.8, 4) is 0 Å². The summed E-state index contributed by atoms with van der Waals surface area (Å²) < 4.78 is 58.4. The van der Waals surface area contributed by atoms with Crippen LogP contribution in [-0.2, 0) is 33.3 Å². The predicted molar refractivity (Wildman–Crippen MR) is 95.0 cm³/mol. The van der Waals surface area contributed by atoms with E-state index in [0.29, 0.717) is 11.8 Å². The molecule has 12 heteroatoms.